The van der Waals surface area contributed by atoms with E-state index in [0.29, 0.717) is 17.0 Å². The van der Waals surface area contributed by atoms with Crippen molar-refractivity contribution in [2.45, 2.75) is 29.7 Å². The van der Waals surface area contributed by atoms with Crippen molar-refractivity contribution < 1.29 is 12.8 Å². The van der Waals surface area contributed by atoms with Gasteiger partial charge in [0.2, 0.25) is 9.84 Å². The Labute approximate surface area is 135 Å². The Morgan fingerprint density at radius 2 is 1.78 bits per heavy atom. The lowest BCUT2D eigenvalue weighted by molar-refractivity contribution is 0.487. The quantitative estimate of drug-likeness (QED) is 0.785. The second kappa shape index (κ2) is 5.22. The van der Waals surface area contributed by atoms with Crippen LogP contribution < -0.4 is 5.32 Å². The number of hydrogen-bond acceptors (Lipinski definition) is 4. The molecular weight excluding hydrogens is 310 g/mol. The molecule has 0 radical (unpaired) electrons. The standard InChI is InChI=1S/C18H17NO3S/c1-12-2-4-13(5-3-12)23(20,21)14-6-7-15-16-8-9-19-11-18(16)22-17(15)10-14/h2-7,10,19H,8-9,11H2,1H3. The first-order chi connectivity index (χ1) is 11.1. The van der Waals surface area contributed by atoms with E-state index in [1.54, 1.807) is 24.3 Å². The average molecular weight is 327 g/mol. The molecular formula is C18H17NO3S. The van der Waals surface area contributed by atoms with Crippen LogP contribution in [-0.4, -0.2) is 15.0 Å². The number of sulfone groups is 1. The van der Waals surface area contributed by atoms with Crippen LogP contribution in [0.25, 0.3) is 11.0 Å². The number of hydrogen-bond donors (Lipinski definition) is 1. The molecule has 0 saturated carbocycles. The molecule has 0 bridgehead atoms. The molecule has 5 heteroatoms. The summed E-state index contributed by atoms with van der Waals surface area (Å²) in [4.78, 5) is 0.577. The highest BCUT2D eigenvalue weighted by atomic mass is 32.2. The fourth-order valence-corrected chi connectivity index (χ4v) is 4.31. The number of benzene rings is 2. The average Bonchev–Trinajstić information content (AvgIpc) is 2.93. The van der Waals surface area contributed by atoms with Crippen LogP contribution in [0.2, 0.25) is 0 Å². The number of rotatable bonds is 2. The minimum atomic E-state index is -3.52. The van der Waals surface area contributed by atoms with Gasteiger partial charge in [0.1, 0.15) is 11.3 Å². The Balaban J connectivity index is 1.84. The molecule has 0 unspecified atom stereocenters. The Morgan fingerprint density at radius 1 is 1.04 bits per heavy atom. The van der Waals surface area contributed by atoms with E-state index < -0.39 is 9.84 Å². The van der Waals surface area contributed by atoms with Crippen LogP contribution in [0.1, 0.15) is 16.9 Å². The van der Waals surface area contributed by atoms with Gasteiger partial charge in [-0.3, -0.25) is 0 Å². The van der Waals surface area contributed by atoms with Crippen molar-refractivity contribution in [2.75, 3.05) is 6.54 Å². The molecule has 1 N–H and O–H groups in total. The molecule has 118 valence electrons. The third-order valence-electron chi connectivity index (χ3n) is 4.33. The highest BCUT2D eigenvalue weighted by Crippen LogP contribution is 2.31. The highest BCUT2D eigenvalue weighted by molar-refractivity contribution is 7.91. The van der Waals surface area contributed by atoms with Crippen molar-refractivity contribution in [3.63, 3.8) is 0 Å². The molecule has 1 aromatic heterocycles. The summed E-state index contributed by atoms with van der Waals surface area (Å²) in [5, 5.41) is 4.28. The van der Waals surface area contributed by atoms with Gasteiger partial charge in [0.25, 0.3) is 0 Å². The molecule has 1 aliphatic heterocycles. The van der Waals surface area contributed by atoms with Gasteiger partial charge < -0.3 is 9.73 Å². The predicted molar refractivity (Wildman–Crippen MR) is 88.3 cm³/mol. The first kappa shape index (κ1) is 14.5. The lowest BCUT2D eigenvalue weighted by Gasteiger charge is -2.10. The van der Waals surface area contributed by atoms with Gasteiger partial charge >= 0.3 is 0 Å². The highest BCUT2D eigenvalue weighted by Gasteiger charge is 2.22. The van der Waals surface area contributed by atoms with Gasteiger partial charge in [-0.25, -0.2) is 8.42 Å². The van der Waals surface area contributed by atoms with Gasteiger partial charge in [-0.2, -0.15) is 0 Å². The summed E-state index contributed by atoms with van der Waals surface area (Å²) in [7, 11) is -3.52. The molecule has 0 amide bonds. The normalized spacial score (nSPS) is 14.8. The van der Waals surface area contributed by atoms with Crippen molar-refractivity contribution >= 4 is 20.8 Å². The number of aryl methyl sites for hydroxylation is 1. The third-order valence-corrected chi connectivity index (χ3v) is 6.09. The largest absolute Gasteiger partial charge is 0.459 e. The molecule has 4 nitrogen and oxygen atoms in total. The second-order valence-corrected chi connectivity index (χ2v) is 7.85. The van der Waals surface area contributed by atoms with E-state index in [1.165, 1.54) is 5.56 Å². The zero-order chi connectivity index (χ0) is 16.0. The molecule has 3 aromatic rings. The first-order valence-electron chi connectivity index (χ1n) is 7.62. The minimum Gasteiger partial charge on any atom is -0.459 e. The van der Waals surface area contributed by atoms with Crippen molar-refractivity contribution in [2.24, 2.45) is 0 Å². The fraction of sp³-hybridized carbons (Fsp3) is 0.222. The zero-order valence-corrected chi connectivity index (χ0v) is 13.6. The molecule has 23 heavy (non-hydrogen) atoms. The number of nitrogens with one attached hydrogen (secondary N) is 1. The van der Waals surface area contributed by atoms with Gasteiger partial charge in [-0.1, -0.05) is 17.7 Å². The van der Waals surface area contributed by atoms with E-state index in [2.05, 4.69) is 5.32 Å². The molecule has 0 fully saturated rings. The zero-order valence-electron chi connectivity index (χ0n) is 12.8. The van der Waals surface area contributed by atoms with E-state index in [-0.39, 0.29) is 4.90 Å². The van der Waals surface area contributed by atoms with Crippen molar-refractivity contribution in [1.29, 1.82) is 0 Å². The van der Waals surface area contributed by atoms with Gasteiger partial charge in [0, 0.05) is 17.0 Å². The Kier molecular flexibility index (Phi) is 3.28. The van der Waals surface area contributed by atoms with Crippen LogP contribution in [0, 0.1) is 6.92 Å². The maximum absolute atomic E-state index is 12.8. The molecule has 0 aliphatic carbocycles. The summed E-state index contributed by atoms with van der Waals surface area (Å²) in [5.41, 5.74) is 2.87. The van der Waals surface area contributed by atoms with Gasteiger partial charge in [-0.15, -0.1) is 0 Å². The molecule has 0 atom stereocenters. The van der Waals surface area contributed by atoms with Crippen molar-refractivity contribution in [3.05, 3.63) is 59.4 Å². The fourth-order valence-electron chi connectivity index (χ4n) is 3.03. The number of furan rings is 1. The van der Waals surface area contributed by atoms with E-state index in [1.807, 2.05) is 25.1 Å². The lowest BCUT2D eigenvalue weighted by Crippen LogP contribution is -2.22. The minimum absolute atomic E-state index is 0.271. The smallest absolute Gasteiger partial charge is 0.206 e. The van der Waals surface area contributed by atoms with Crippen LogP contribution in [0.5, 0.6) is 0 Å². The Morgan fingerprint density at radius 3 is 2.57 bits per heavy atom. The summed E-state index contributed by atoms with van der Waals surface area (Å²) in [6.45, 7) is 3.55. The lowest BCUT2D eigenvalue weighted by atomic mass is 10.1. The Hall–Kier alpha value is -2.11. The molecule has 0 saturated heterocycles. The monoisotopic (exact) mass is 327 g/mol. The van der Waals surface area contributed by atoms with E-state index >= 15 is 0 Å². The predicted octanol–water partition coefficient (Wildman–Crippen LogP) is 3.22. The Bertz CT molecular complexity index is 985. The summed E-state index contributed by atoms with van der Waals surface area (Å²) < 4.78 is 31.4. The molecule has 2 heterocycles. The molecule has 4 rings (SSSR count). The summed E-state index contributed by atoms with van der Waals surface area (Å²) in [5.74, 6) is 0.913. The van der Waals surface area contributed by atoms with E-state index in [0.717, 1.165) is 29.7 Å². The van der Waals surface area contributed by atoms with E-state index in [9.17, 15) is 8.42 Å². The van der Waals surface area contributed by atoms with E-state index in [4.69, 9.17) is 4.42 Å². The summed E-state index contributed by atoms with van der Waals surface area (Å²) >= 11 is 0. The second-order valence-electron chi connectivity index (χ2n) is 5.91. The SMILES string of the molecule is Cc1ccc(S(=O)(=O)c2ccc3c4c(oc3c2)CNCC4)cc1. The summed E-state index contributed by atoms with van der Waals surface area (Å²) in [6.07, 6.45) is 0.909. The van der Waals surface area contributed by atoms with Crippen LogP contribution in [-0.2, 0) is 22.8 Å². The van der Waals surface area contributed by atoms with Gasteiger partial charge in [-0.05, 0) is 44.2 Å². The topological polar surface area (TPSA) is 59.3 Å². The maximum Gasteiger partial charge on any atom is 0.206 e. The maximum atomic E-state index is 12.8. The molecule has 0 spiro atoms. The van der Waals surface area contributed by atoms with Crippen LogP contribution in [0.4, 0.5) is 0 Å². The first-order valence-corrected chi connectivity index (χ1v) is 9.11. The summed E-state index contributed by atoms with van der Waals surface area (Å²) in [6, 6.07) is 12.1. The van der Waals surface area contributed by atoms with Crippen molar-refractivity contribution in [3.8, 4) is 0 Å². The van der Waals surface area contributed by atoms with Gasteiger partial charge in [0.15, 0.2) is 0 Å². The molecule has 1 aliphatic rings. The van der Waals surface area contributed by atoms with Crippen LogP contribution in [0.3, 0.4) is 0 Å². The van der Waals surface area contributed by atoms with Crippen LogP contribution in [0.15, 0.2) is 56.7 Å². The van der Waals surface area contributed by atoms with Gasteiger partial charge in [0.05, 0.1) is 16.3 Å². The number of fused-ring (bicyclic) bond motifs is 3. The van der Waals surface area contributed by atoms with Crippen LogP contribution >= 0.6 is 0 Å². The van der Waals surface area contributed by atoms with Crippen molar-refractivity contribution in [1.82, 2.24) is 5.32 Å². The third kappa shape index (κ3) is 2.36. The molecule has 2 aromatic carbocycles.